The fraction of sp³-hybridized carbons (Fsp3) is 0.400. The first-order chi connectivity index (χ1) is 10.1. The molecular formula is C15H19N3O3. The van der Waals surface area contributed by atoms with E-state index < -0.39 is 5.97 Å². The third-order valence-electron chi connectivity index (χ3n) is 2.61. The van der Waals surface area contributed by atoms with E-state index >= 15 is 0 Å². The van der Waals surface area contributed by atoms with Gasteiger partial charge in [0.05, 0.1) is 18.7 Å². The molecule has 0 aliphatic rings. The molecule has 6 heteroatoms. The zero-order valence-corrected chi connectivity index (χ0v) is 12.3. The normalized spacial score (nSPS) is 9.48. The quantitative estimate of drug-likeness (QED) is 0.627. The van der Waals surface area contributed by atoms with Crippen molar-refractivity contribution in [3.8, 4) is 11.8 Å². The number of pyridine rings is 1. The van der Waals surface area contributed by atoms with Gasteiger partial charge in [0.25, 0.3) is 5.91 Å². The Labute approximate surface area is 124 Å². The Hall–Kier alpha value is -2.39. The molecule has 1 aromatic rings. The van der Waals surface area contributed by atoms with Gasteiger partial charge in [0.1, 0.15) is 6.54 Å². The molecular weight excluding hydrogens is 270 g/mol. The summed E-state index contributed by atoms with van der Waals surface area (Å²) in [7, 11) is 0. The van der Waals surface area contributed by atoms with Crippen LogP contribution in [0, 0.1) is 11.8 Å². The number of esters is 1. The molecule has 0 radical (unpaired) electrons. The van der Waals surface area contributed by atoms with Crippen molar-refractivity contribution in [1.82, 2.24) is 9.88 Å². The molecule has 112 valence electrons. The minimum absolute atomic E-state index is 0.0815. The first-order valence-corrected chi connectivity index (χ1v) is 6.71. The summed E-state index contributed by atoms with van der Waals surface area (Å²) in [6.45, 7) is 4.36. The molecule has 6 nitrogen and oxygen atoms in total. The van der Waals surface area contributed by atoms with Crippen LogP contribution < -0.4 is 5.73 Å². The Morgan fingerprint density at radius 2 is 2.14 bits per heavy atom. The third-order valence-corrected chi connectivity index (χ3v) is 2.61. The molecule has 0 fully saturated rings. The Kier molecular flexibility index (Phi) is 6.92. The largest absolute Gasteiger partial charge is 0.465 e. The van der Waals surface area contributed by atoms with Crippen LogP contribution >= 0.6 is 0 Å². The number of likely N-dealkylation sites (N-methyl/N-ethyl adjacent to an activating group) is 1. The van der Waals surface area contributed by atoms with E-state index in [0.29, 0.717) is 17.7 Å². The van der Waals surface area contributed by atoms with Crippen LogP contribution in [-0.2, 0) is 9.53 Å². The molecule has 0 saturated heterocycles. The van der Waals surface area contributed by atoms with Gasteiger partial charge >= 0.3 is 5.97 Å². The maximum Gasteiger partial charge on any atom is 0.325 e. The van der Waals surface area contributed by atoms with Gasteiger partial charge in [0, 0.05) is 24.5 Å². The minimum atomic E-state index is -0.431. The Balaban J connectivity index is 2.87. The molecule has 1 rings (SSSR count). The number of nitrogens with two attached hydrogens (primary N) is 1. The lowest BCUT2D eigenvalue weighted by Gasteiger charge is -2.19. The van der Waals surface area contributed by atoms with Crippen molar-refractivity contribution in [2.45, 2.75) is 13.8 Å². The summed E-state index contributed by atoms with van der Waals surface area (Å²) in [6.07, 6.45) is 3.00. The van der Waals surface area contributed by atoms with E-state index in [2.05, 4.69) is 16.8 Å². The van der Waals surface area contributed by atoms with Crippen LogP contribution in [0.5, 0.6) is 0 Å². The van der Waals surface area contributed by atoms with Gasteiger partial charge in [-0.15, -0.1) is 0 Å². The maximum absolute atomic E-state index is 12.3. The second-order valence-electron chi connectivity index (χ2n) is 4.09. The number of hydrogen-bond donors (Lipinski definition) is 1. The van der Waals surface area contributed by atoms with Gasteiger partial charge in [-0.2, -0.15) is 0 Å². The van der Waals surface area contributed by atoms with Gasteiger partial charge < -0.3 is 15.4 Å². The summed E-state index contributed by atoms with van der Waals surface area (Å²) in [5, 5.41) is 0. The summed E-state index contributed by atoms with van der Waals surface area (Å²) in [6, 6.07) is 1.63. The molecule has 2 N–H and O–H groups in total. The first kappa shape index (κ1) is 16.7. The smallest absolute Gasteiger partial charge is 0.325 e. The molecule has 21 heavy (non-hydrogen) atoms. The molecule has 0 aliphatic heterocycles. The van der Waals surface area contributed by atoms with E-state index in [1.165, 1.54) is 11.1 Å². The average molecular weight is 289 g/mol. The second-order valence-corrected chi connectivity index (χ2v) is 4.09. The van der Waals surface area contributed by atoms with Gasteiger partial charge in [-0.1, -0.05) is 11.8 Å². The highest BCUT2D eigenvalue weighted by atomic mass is 16.5. The molecule has 0 unspecified atom stereocenters. The number of rotatable bonds is 5. The number of amides is 1. The van der Waals surface area contributed by atoms with E-state index in [-0.39, 0.29) is 25.6 Å². The first-order valence-electron chi connectivity index (χ1n) is 6.71. The SMILES string of the molecule is CCOC(=O)CN(CC)C(=O)c1cncc(C#CCN)c1. The van der Waals surface area contributed by atoms with Crippen molar-refractivity contribution < 1.29 is 14.3 Å². The highest BCUT2D eigenvalue weighted by molar-refractivity contribution is 5.96. The van der Waals surface area contributed by atoms with Crippen molar-refractivity contribution in [2.75, 3.05) is 26.2 Å². The van der Waals surface area contributed by atoms with E-state index in [1.807, 2.05) is 0 Å². The molecule has 0 saturated carbocycles. The number of aromatic nitrogens is 1. The van der Waals surface area contributed by atoms with Crippen molar-refractivity contribution in [2.24, 2.45) is 5.73 Å². The molecule has 0 atom stereocenters. The Bertz CT molecular complexity index is 561. The predicted octanol–water partition coefficient (Wildman–Crippen LogP) is 0.417. The molecule has 0 aromatic carbocycles. The zero-order valence-electron chi connectivity index (χ0n) is 12.3. The van der Waals surface area contributed by atoms with Crippen molar-refractivity contribution in [1.29, 1.82) is 0 Å². The number of carbonyl (C=O) groups is 2. The molecule has 0 spiro atoms. The van der Waals surface area contributed by atoms with Crippen LogP contribution in [0.4, 0.5) is 0 Å². The fourth-order valence-corrected chi connectivity index (χ4v) is 1.65. The lowest BCUT2D eigenvalue weighted by Crippen LogP contribution is -2.36. The van der Waals surface area contributed by atoms with Crippen LogP contribution in [0.15, 0.2) is 18.5 Å². The monoisotopic (exact) mass is 289 g/mol. The van der Waals surface area contributed by atoms with Crippen molar-refractivity contribution in [3.63, 3.8) is 0 Å². The van der Waals surface area contributed by atoms with E-state index in [4.69, 9.17) is 10.5 Å². The van der Waals surface area contributed by atoms with Gasteiger partial charge in [-0.05, 0) is 19.9 Å². The number of hydrogen-bond acceptors (Lipinski definition) is 5. The Morgan fingerprint density at radius 1 is 1.38 bits per heavy atom. The van der Waals surface area contributed by atoms with Crippen LogP contribution in [0.25, 0.3) is 0 Å². The topological polar surface area (TPSA) is 85.5 Å². The second kappa shape index (κ2) is 8.72. The van der Waals surface area contributed by atoms with Gasteiger partial charge in [0.2, 0.25) is 0 Å². The highest BCUT2D eigenvalue weighted by Crippen LogP contribution is 2.06. The molecule has 1 aromatic heterocycles. The van der Waals surface area contributed by atoms with Crippen LogP contribution in [0.2, 0.25) is 0 Å². The summed E-state index contributed by atoms with van der Waals surface area (Å²) >= 11 is 0. The van der Waals surface area contributed by atoms with Crippen LogP contribution in [-0.4, -0.2) is 48.0 Å². The minimum Gasteiger partial charge on any atom is -0.465 e. The number of carbonyl (C=O) groups excluding carboxylic acids is 2. The van der Waals surface area contributed by atoms with E-state index in [0.717, 1.165) is 0 Å². The summed E-state index contributed by atoms with van der Waals surface area (Å²) in [5.74, 6) is 4.81. The fourth-order valence-electron chi connectivity index (χ4n) is 1.65. The average Bonchev–Trinajstić information content (AvgIpc) is 2.50. The summed E-state index contributed by atoms with van der Waals surface area (Å²) in [4.78, 5) is 29.2. The highest BCUT2D eigenvalue weighted by Gasteiger charge is 2.18. The third kappa shape index (κ3) is 5.24. The maximum atomic E-state index is 12.3. The van der Waals surface area contributed by atoms with Crippen LogP contribution in [0.3, 0.4) is 0 Å². The lowest BCUT2D eigenvalue weighted by atomic mass is 10.2. The standard InChI is InChI=1S/C15H19N3O3/c1-3-18(11-14(19)21-4-2)15(20)13-8-12(6-5-7-16)9-17-10-13/h8-10H,3-4,7,11,16H2,1-2H3. The molecule has 0 bridgehead atoms. The van der Waals surface area contributed by atoms with E-state index in [9.17, 15) is 9.59 Å². The molecule has 0 aliphatic carbocycles. The van der Waals surface area contributed by atoms with Crippen molar-refractivity contribution in [3.05, 3.63) is 29.6 Å². The number of ether oxygens (including phenoxy) is 1. The Morgan fingerprint density at radius 3 is 2.76 bits per heavy atom. The van der Waals surface area contributed by atoms with Gasteiger partial charge in [-0.3, -0.25) is 14.6 Å². The van der Waals surface area contributed by atoms with E-state index in [1.54, 1.807) is 26.1 Å². The van der Waals surface area contributed by atoms with Crippen molar-refractivity contribution >= 4 is 11.9 Å². The zero-order chi connectivity index (χ0) is 15.7. The predicted molar refractivity (Wildman–Crippen MR) is 78.4 cm³/mol. The van der Waals surface area contributed by atoms with Gasteiger partial charge in [0.15, 0.2) is 0 Å². The lowest BCUT2D eigenvalue weighted by molar-refractivity contribution is -0.143. The van der Waals surface area contributed by atoms with Crippen LogP contribution in [0.1, 0.15) is 29.8 Å². The summed E-state index contributed by atoms with van der Waals surface area (Å²) < 4.78 is 4.85. The molecule has 1 heterocycles. The summed E-state index contributed by atoms with van der Waals surface area (Å²) in [5.41, 5.74) is 6.30. The number of nitrogens with zero attached hydrogens (tertiary/aromatic N) is 2. The molecule has 1 amide bonds. The van der Waals surface area contributed by atoms with Gasteiger partial charge in [-0.25, -0.2) is 0 Å².